The van der Waals surface area contributed by atoms with Crippen molar-refractivity contribution in [1.29, 1.82) is 0 Å². The average molecular weight is 275 g/mol. The SMILES string of the molecule is CCOC(=O)CN(c1ccc(F)cc1)S(C)(=O)=O. The van der Waals surface area contributed by atoms with Gasteiger partial charge in [-0.2, -0.15) is 0 Å². The van der Waals surface area contributed by atoms with E-state index < -0.39 is 28.4 Å². The summed E-state index contributed by atoms with van der Waals surface area (Å²) in [4.78, 5) is 11.3. The van der Waals surface area contributed by atoms with Crippen molar-refractivity contribution in [2.45, 2.75) is 6.92 Å². The highest BCUT2D eigenvalue weighted by atomic mass is 32.2. The van der Waals surface area contributed by atoms with E-state index >= 15 is 0 Å². The van der Waals surface area contributed by atoms with Gasteiger partial charge in [0.05, 0.1) is 18.6 Å². The number of carbonyl (C=O) groups excluding carboxylic acids is 1. The Morgan fingerprint density at radius 3 is 2.33 bits per heavy atom. The number of nitrogens with zero attached hydrogens (tertiary/aromatic N) is 1. The summed E-state index contributed by atoms with van der Waals surface area (Å²) in [5.41, 5.74) is 0.215. The minimum absolute atomic E-state index is 0.167. The first-order valence-corrected chi connectivity index (χ1v) is 7.08. The lowest BCUT2D eigenvalue weighted by Gasteiger charge is -2.21. The highest BCUT2D eigenvalue weighted by molar-refractivity contribution is 7.92. The number of sulfonamides is 1. The summed E-state index contributed by atoms with van der Waals surface area (Å²) < 4.78 is 41.5. The van der Waals surface area contributed by atoms with Crippen LogP contribution in [0.1, 0.15) is 6.92 Å². The van der Waals surface area contributed by atoms with Gasteiger partial charge >= 0.3 is 5.97 Å². The molecule has 0 aromatic heterocycles. The Labute approximate surface area is 105 Å². The van der Waals surface area contributed by atoms with Gasteiger partial charge in [0.25, 0.3) is 0 Å². The second-order valence-electron chi connectivity index (χ2n) is 3.55. The van der Waals surface area contributed by atoms with E-state index in [9.17, 15) is 17.6 Å². The molecule has 5 nitrogen and oxygen atoms in total. The molecule has 1 aromatic carbocycles. The third-order valence-electron chi connectivity index (χ3n) is 2.09. The van der Waals surface area contributed by atoms with Crippen molar-refractivity contribution in [3.05, 3.63) is 30.1 Å². The van der Waals surface area contributed by atoms with E-state index in [1.54, 1.807) is 6.92 Å². The molecule has 100 valence electrons. The van der Waals surface area contributed by atoms with E-state index in [0.717, 1.165) is 22.7 Å². The topological polar surface area (TPSA) is 63.7 Å². The third-order valence-corrected chi connectivity index (χ3v) is 3.23. The maximum Gasteiger partial charge on any atom is 0.326 e. The maximum absolute atomic E-state index is 12.8. The van der Waals surface area contributed by atoms with Gasteiger partial charge < -0.3 is 4.74 Å². The molecule has 0 aliphatic carbocycles. The molecule has 0 saturated heterocycles. The highest BCUT2D eigenvalue weighted by Crippen LogP contribution is 2.17. The molecular formula is C11H14FNO4S. The monoisotopic (exact) mass is 275 g/mol. The van der Waals surface area contributed by atoms with Crippen LogP contribution in [0.3, 0.4) is 0 Å². The summed E-state index contributed by atoms with van der Waals surface area (Å²) >= 11 is 0. The number of hydrogen-bond acceptors (Lipinski definition) is 4. The highest BCUT2D eigenvalue weighted by Gasteiger charge is 2.21. The van der Waals surface area contributed by atoms with Gasteiger partial charge in [-0.1, -0.05) is 0 Å². The van der Waals surface area contributed by atoms with Gasteiger partial charge in [-0.25, -0.2) is 12.8 Å². The molecule has 0 radical (unpaired) electrons. The van der Waals surface area contributed by atoms with Gasteiger partial charge in [0.15, 0.2) is 0 Å². The lowest BCUT2D eigenvalue weighted by Crippen LogP contribution is -2.35. The Bertz CT molecular complexity index is 512. The van der Waals surface area contributed by atoms with E-state index in [1.807, 2.05) is 0 Å². The van der Waals surface area contributed by atoms with Crippen LogP contribution in [-0.2, 0) is 19.6 Å². The summed E-state index contributed by atoms with van der Waals surface area (Å²) in [6.07, 6.45) is 0.968. The summed E-state index contributed by atoms with van der Waals surface area (Å²) in [5.74, 6) is -1.14. The number of benzene rings is 1. The van der Waals surface area contributed by atoms with E-state index in [0.29, 0.717) is 0 Å². The fraction of sp³-hybridized carbons (Fsp3) is 0.364. The number of hydrogen-bond donors (Lipinski definition) is 0. The van der Waals surface area contributed by atoms with E-state index in [-0.39, 0.29) is 12.3 Å². The standard InChI is InChI=1S/C11H14FNO4S/c1-3-17-11(14)8-13(18(2,15)16)10-6-4-9(12)5-7-10/h4-7H,3,8H2,1-2H3. The Hall–Kier alpha value is -1.63. The molecular weight excluding hydrogens is 261 g/mol. The minimum atomic E-state index is -3.63. The van der Waals surface area contributed by atoms with Gasteiger partial charge in [0.2, 0.25) is 10.0 Å². The Balaban J connectivity index is 3.00. The molecule has 1 aromatic rings. The van der Waals surface area contributed by atoms with Crippen molar-refractivity contribution in [1.82, 2.24) is 0 Å². The number of halogens is 1. The normalized spacial score (nSPS) is 11.1. The second kappa shape index (κ2) is 5.81. The van der Waals surface area contributed by atoms with Crippen LogP contribution in [0.15, 0.2) is 24.3 Å². The molecule has 0 aliphatic heterocycles. The Kier molecular flexibility index (Phi) is 4.66. The molecule has 0 N–H and O–H groups in total. The van der Waals surface area contributed by atoms with Gasteiger partial charge in [0, 0.05) is 0 Å². The minimum Gasteiger partial charge on any atom is -0.465 e. The van der Waals surface area contributed by atoms with Crippen LogP contribution in [0.4, 0.5) is 10.1 Å². The lowest BCUT2D eigenvalue weighted by atomic mass is 10.3. The average Bonchev–Trinajstić information content (AvgIpc) is 2.26. The van der Waals surface area contributed by atoms with Crippen LogP contribution in [-0.4, -0.2) is 33.8 Å². The zero-order valence-electron chi connectivity index (χ0n) is 10.1. The van der Waals surface area contributed by atoms with Crippen LogP contribution in [0.25, 0.3) is 0 Å². The number of ether oxygens (including phenoxy) is 1. The number of rotatable bonds is 5. The van der Waals surface area contributed by atoms with Crippen LogP contribution < -0.4 is 4.31 Å². The van der Waals surface area contributed by atoms with Crippen LogP contribution in [0.5, 0.6) is 0 Å². The van der Waals surface area contributed by atoms with Gasteiger partial charge in [-0.05, 0) is 31.2 Å². The smallest absolute Gasteiger partial charge is 0.326 e. The zero-order chi connectivity index (χ0) is 13.8. The fourth-order valence-electron chi connectivity index (χ4n) is 1.33. The molecule has 0 amide bonds. The summed E-state index contributed by atoms with van der Waals surface area (Å²) in [7, 11) is -3.63. The van der Waals surface area contributed by atoms with Gasteiger partial charge in [0.1, 0.15) is 12.4 Å². The molecule has 0 spiro atoms. The molecule has 18 heavy (non-hydrogen) atoms. The summed E-state index contributed by atoms with van der Waals surface area (Å²) in [6.45, 7) is 1.36. The third kappa shape index (κ3) is 3.99. The molecule has 0 aliphatic rings. The molecule has 0 atom stereocenters. The summed E-state index contributed by atoms with van der Waals surface area (Å²) in [6, 6.07) is 4.82. The first kappa shape index (κ1) is 14.4. The molecule has 0 fully saturated rings. The van der Waals surface area contributed by atoms with Gasteiger partial charge in [-0.15, -0.1) is 0 Å². The second-order valence-corrected chi connectivity index (χ2v) is 5.46. The molecule has 0 unspecified atom stereocenters. The van der Waals surface area contributed by atoms with Crippen molar-refractivity contribution in [3.8, 4) is 0 Å². The van der Waals surface area contributed by atoms with E-state index in [2.05, 4.69) is 0 Å². The first-order chi connectivity index (χ1) is 8.34. The zero-order valence-corrected chi connectivity index (χ0v) is 10.9. The number of esters is 1. The Morgan fingerprint density at radius 2 is 1.89 bits per heavy atom. The molecule has 0 bridgehead atoms. The van der Waals surface area contributed by atoms with Crippen molar-refractivity contribution < 1.29 is 22.3 Å². The first-order valence-electron chi connectivity index (χ1n) is 5.23. The molecule has 0 saturated carbocycles. The molecule has 7 heteroatoms. The van der Waals surface area contributed by atoms with Crippen molar-refractivity contribution in [2.75, 3.05) is 23.7 Å². The molecule has 1 rings (SSSR count). The van der Waals surface area contributed by atoms with Crippen LogP contribution in [0.2, 0.25) is 0 Å². The van der Waals surface area contributed by atoms with Crippen molar-refractivity contribution >= 4 is 21.7 Å². The van der Waals surface area contributed by atoms with Crippen molar-refractivity contribution in [2.24, 2.45) is 0 Å². The predicted octanol–water partition coefficient (Wildman–Crippen LogP) is 1.15. The quantitative estimate of drug-likeness (QED) is 0.756. The van der Waals surface area contributed by atoms with E-state index in [4.69, 9.17) is 4.74 Å². The molecule has 0 heterocycles. The predicted molar refractivity (Wildman–Crippen MR) is 65.2 cm³/mol. The van der Waals surface area contributed by atoms with Crippen molar-refractivity contribution in [3.63, 3.8) is 0 Å². The fourth-order valence-corrected chi connectivity index (χ4v) is 2.18. The van der Waals surface area contributed by atoms with Crippen LogP contribution in [0, 0.1) is 5.82 Å². The lowest BCUT2D eigenvalue weighted by molar-refractivity contribution is -0.141. The maximum atomic E-state index is 12.8. The van der Waals surface area contributed by atoms with Crippen LogP contribution >= 0.6 is 0 Å². The summed E-state index contributed by atoms with van der Waals surface area (Å²) in [5, 5.41) is 0. The van der Waals surface area contributed by atoms with Gasteiger partial charge in [-0.3, -0.25) is 9.10 Å². The number of carbonyl (C=O) groups is 1. The Morgan fingerprint density at radius 1 is 1.33 bits per heavy atom. The number of anilines is 1. The van der Waals surface area contributed by atoms with E-state index in [1.165, 1.54) is 12.1 Å². The largest absolute Gasteiger partial charge is 0.465 e.